The summed E-state index contributed by atoms with van der Waals surface area (Å²) in [7, 11) is 0. The van der Waals surface area contributed by atoms with Gasteiger partial charge in [0.15, 0.2) is 0 Å². The Hall–Kier alpha value is -2.05. The molecule has 1 aliphatic rings. The summed E-state index contributed by atoms with van der Waals surface area (Å²) in [5, 5.41) is 2.77. The molecule has 132 valence electrons. The van der Waals surface area contributed by atoms with Gasteiger partial charge in [0.05, 0.1) is 11.5 Å². The van der Waals surface area contributed by atoms with Crippen molar-refractivity contribution >= 4 is 11.8 Å². The van der Waals surface area contributed by atoms with Crippen molar-refractivity contribution in [2.24, 2.45) is 5.92 Å². The maximum Gasteiger partial charge on any atom is 0.416 e. The van der Waals surface area contributed by atoms with Gasteiger partial charge in [-0.1, -0.05) is 6.07 Å². The van der Waals surface area contributed by atoms with Crippen LogP contribution in [0.1, 0.15) is 36.5 Å². The fourth-order valence-electron chi connectivity index (χ4n) is 2.87. The smallest absolute Gasteiger partial charge is 0.352 e. The summed E-state index contributed by atoms with van der Waals surface area (Å²) in [5.41, 5.74) is 0.439. The quantitative estimate of drug-likeness (QED) is 0.918. The third kappa shape index (κ3) is 4.49. The molecule has 4 nitrogen and oxygen atoms in total. The summed E-state index contributed by atoms with van der Waals surface area (Å²) in [4.78, 5) is 25.3. The van der Waals surface area contributed by atoms with Gasteiger partial charge in [0.1, 0.15) is 0 Å². The van der Waals surface area contributed by atoms with E-state index in [-0.39, 0.29) is 24.3 Å². The van der Waals surface area contributed by atoms with Crippen molar-refractivity contribution in [2.45, 2.75) is 39.4 Å². The zero-order valence-corrected chi connectivity index (χ0v) is 13.7. The first-order valence-electron chi connectivity index (χ1n) is 7.88. The molecule has 7 heteroatoms. The second kappa shape index (κ2) is 7.23. The van der Waals surface area contributed by atoms with Gasteiger partial charge in [0, 0.05) is 26.6 Å². The van der Waals surface area contributed by atoms with Gasteiger partial charge >= 0.3 is 6.18 Å². The van der Waals surface area contributed by atoms with Gasteiger partial charge in [-0.25, -0.2) is 0 Å². The Morgan fingerprint density at radius 2 is 2.04 bits per heavy atom. The van der Waals surface area contributed by atoms with E-state index >= 15 is 0 Å². The number of rotatable bonds is 3. The van der Waals surface area contributed by atoms with E-state index < -0.39 is 11.7 Å². The average Bonchev–Trinajstić information content (AvgIpc) is 2.52. The second-order valence-electron chi connectivity index (χ2n) is 6.16. The highest BCUT2D eigenvalue weighted by Crippen LogP contribution is 2.30. The number of piperidine rings is 1. The van der Waals surface area contributed by atoms with Crippen molar-refractivity contribution in [2.75, 3.05) is 13.1 Å². The first-order chi connectivity index (χ1) is 11.2. The number of aryl methyl sites for hydroxylation is 1. The summed E-state index contributed by atoms with van der Waals surface area (Å²) in [6.07, 6.45) is -2.89. The lowest BCUT2D eigenvalue weighted by Crippen LogP contribution is -2.44. The summed E-state index contributed by atoms with van der Waals surface area (Å²) in [6, 6.07) is 3.49. The SMILES string of the molecule is CC(=O)N1CCCC(C(=O)NCc2ccc(C(F)(F)F)cc2C)C1. The molecule has 0 radical (unpaired) electrons. The van der Waals surface area contributed by atoms with Crippen molar-refractivity contribution < 1.29 is 22.8 Å². The summed E-state index contributed by atoms with van der Waals surface area (Å²) in [5.74, 6) is -0.483. The minimum atomic E-state index is -4.37. The number of hydrogen-bond donors (Lipinski definition) is 1. The minimum Gasteiger partial charge on any atom is -0.352 e. The highest BCUT2D eigenvalue weighted by atomic mass is 19.4. The number of carbonyl (C=O) groups is 2. The van der Waals surface area contributed by atoms with Gasteiger partial charge in [-0.2, -0.15) is 13.2 Å². The predicted octanol–water partition coefficient (Wildman–Crippen LogP) is 2.89. The van der Waals surface area contributed by atoms with Crippen LogP contribution in [0.4, 0.5) is 13.2 Å². The second-order valence-corrected chi connectivity index (χ2v) is 6.16. The van der Waals surface area contributed by atoms with Crippen molar-refractivity contribution in [3.8, 4) is 0 Å². The first kappa shape index (κ1) is 18.3. The Morgan fingerprint density at radius 1 is 1.33 bits per heavy atom. The summed E-state index contributed by atoms with van der Waals surface area (Å²) >= 11 is 0. The number of nitrogens with zero attached hydrogens (tertiary/aromatic N) is 1. The maximum atomic E-state index is 12.7. The number of hydrogen-bond acceptors (Lipinski definition) is 2. The van der Waals surface area contributed by atoms with E-state index in [4.69, 9.17) is 0 Å². The fourth-order valence-corrected chi connectivity index (χ4v) is 2.87. The monoisotopic (exact) mass is 342 g/mol. The lowest BCUT2D eigenvalue weighted by molar-refractivity contribution is -0.138. The molecule has 1 saturated heterocycles. The van der Waals surface area contributed by atoms with Gasteiger partial charge in [-0.05, 0) is 43.0 Å². The molecule has 1 aromatic rings. The zero-order valence-electron chi connectivity index (χ0n) is 13.7. The molecular weight excluding hydrogens is 321 g/mol. The molecular formula is C17H21F3N2O2. The average molecular weight is 342 g/mol. The van der Waals surface area contributed by atoms with Crippen LogP contribution in [0.3, 0.4) is 0 Å². The topological polar surface area (TPSA) is 49.4 Å². The molecule has 0 aromatic heterocycles. The van der Waals surface area contributed by atoms with Crippen LogP contribution in [-0.4, -0.2) is 29.8 Å². The molecule has 0 saturated carbocycles. The van der Waals surface area contributed by atoms with Crippen LogP contribution in [0.2, 0.25) is 0 Å². The van der Waals surface area contributed by atoms with E-state index in [9.17, 15) is 22.8 Å². The van der Waals surface area contributed by atoms with E-state index in [0.717, 1.165) is 18.6 Å². The van der Waals surface area contributed by atoms with E-state index in [0.29, 0.717) is 30.6 Å². The first-order valence-corrected chi connectivity index (χ1v) is 7.88. The summed E-state index contributed by atoms with van der Waals surface area (Å²) < 4.78 is 38.0. The van der Waals surface area contributed by atoms with Crippen LogP contribution in [-0.2, 0) is 22.3 Å². The predicted molar refractivity (Wildman–Crippen MR) is 83.0 cm³/mol. The number of amides is 2. The highest BCUT2D eigenvalue weighted by Gasteiger charge is 2.31. The van der Waals surface area contributed by atoms with Crippen molar-refractivity contribution in [3.63, 3.8) is 0 Å². The Morgan fingerprint density at radius 3 is 2.62 bits per heavy atom. The van der Waals surface area contributed by atoms with E-state index in [1.165, 1.54) is 13.0 Å². The molecule has 1 aliphatic heterocycles. The molecule has 1 heterocycles. The molecule has 2 amide bonds. The number of nitrogens with one attached hydrogen (secondary N) is 1. The number of likely N-dealkylation sites (tertiary alicyclic amines) is 1. The third-order valence-electron chi connectivity index (χ3n) is 4.36. The largest absolute Gasteiger partial charge is 0.416 e. The van der Waals surface area contributed by atoms with Crippen LogP contribution >= 0.6 is 0 Å². The van der Waals surface area contributed by atoms with Crippen LogP contribution < -0.4 is 5.32 Å². The van der Waals surface area contributed by atoms with Crippen LogP contribution in [0.25, 0.3) is 0 Å². The van der Waals surface area contributed by atoms with Gasteiger partial charge in [0.2, 0.25) is 11.8 Å². The molecule has 1 N–H and O–H groups in total. The molecule has 1 fully saturated rings. The van der Waals surface area contributed by atoms with Gasteiger partial charge in [-0.15, -0.1) is 0 Å². The molecule has 0 aliphatic carbocycles. The van der Waals surface area contributed by atoms with Crippen LogP contribution in [0.5, 0.6) is 0 Å². The van der Waals surface area contributed by atoms with Crippen molar-refractivity contribution in [3.05, 3.63) is 34.9 Å². The standard InChI is InChI=1S/C17H21F3N2O2/c1-11-8-15(17(18,19)20)6-5-13(11)9-21-16(24)14-4-3-7-22(10-14)12(2)23/h5-6,8,14H,3-4,7,9-10H2,1-2H3,(H,21,24). The minimum absolute atomic E-state index is 0.0499. The fraction of sp³-hybridized carbons (Fsp3) is 0.529. The third-order valence-corrected chi connectivity index (χ3v) is 4.36. The number of benzene rings is 1. The Bertz CT molecular complexity index is 629. The maximum absolute atomic E-state index is 12.7. The molecule has 1 aromatic carbocycles. The molecule has 0 bridgehead atoms. The van der Waals surface area contributed by atoms with E-state index in [1.807, 2.05) is 0 Å². The molecule has 2 rings (SSSR count). The Balaban J connectivity index is 1.95. The lowest BCUT2D eigenvalue weighted by atomic mass is 9.97. The number of halogens is 3. The Labute approximate surface area is 139 Å². The van der Waals surface area contributed by atoms with E-state index in [2.05, 4.69) is 5.32 Å². The Kier molecular flexibility index (Phi) is 5.51. The highest BCUT2D eigenvalue weighted by molar-refractivity contribution is 5.80. The lowest BCUT2D eigenvalue weighted by Gasteiger charge is -2.31. The van der Waals surface area contributed by atoms with Gasteiger partial charge < -0.3 is 10.2 Å². The summed E-state index contributed by atoms with van der Waals surface area (Å²) in [6.45, 7) is 4.31. The molecule has 1 atom stereocenters. The van der Waals surface area contributed by atoms with Crippen molar-refractivity contribution in [1.29, 1.82) is 0 Å². The van der Waals surface area contributed by atoms with E-state index in [1.54, 1.807) is 11.8 Å². The number of alkyl halides is 3. The van der Waals surface area contributed by atoms with Crippen molar-refractivity contribution in [1.82, 2.24) is 10.2 Å². The molecule has 24 heavy (non-hydrogen) atoms. The van der Waals surface area contributed by atoms with Gasteiger partial charge in [-0.3, -0.25) is 9.59 Å². The molecule has 1 unspecified atom stereocenters. The normalized spacial score (nSPS) is 18.4. The van der Waals surface area contributed by atoms with Crippen LogP contribution in [0.15, 0.2) is 18.2 Å². The zero-order chi connectivity index (χ0) is 17.9. The number of carbonyl (C=O) groups excluding carboxylic acids is 2. The molecule has 0 spiro atoms. The van der Waals surface area contributed by atoms with Crippen LogP contribution in [0, 0.1) is 12.8 Å². The van der Waals surface area contributed by atoms with Gasteiger partial charge in [0.25, 0.3) is 0 Å².